The fourth-order valence-corrected chi connectivity index (χ4v) is 2.60. The lowest BCUT2D eigenvalue weighted by Crippen LogP contribution is -2.45. The number of carbonyl (C=O) groups excluding carboxylic acids is 1. The van der Waals surface area contributed by atoms with Gasteiger partial charge in [-0.25, -0.2) is 4.79 Å². The quantitative estimate of drug-likeness (QED) is 0.883. The molecule has 2 amide bonds. The molecule has 1 aromatic heterocycles. The number of nitrogens with zero attached hydrogens (tertiary/aromatic N) is 1. The van der Waals surface area contributed by atoms with Gasteiger partial charge in [-0.1, -0.05) is 6.42 Å². The molecule has 20 heavy (non-hydrogen) atoms. The molecule has 110 valence electrons. The number of carbonyl (C=O) groups is 2. The van der Waals surface area contributed by atoms with E-state index < -0.39 is 11.9 Å². The van der Waals surface area contributed by atoms with Crippen LogP contribution in [0.15, 0.2) is 16.7 Å². The van der Waals surface area contributed by atoms with Crippen LogP contribution in [0.4, 0.5) is 4.79 Å². The van der Waals surface area contributed by atoms with Gasteiger partial charge in [0.05, 0.1) is 18.7 Å². The predicted molar refractivity (Wildman–Crippen MR) is 72.2 cm³/mol. The summed E-state index contributed by atoms with van der Waals surface area (Å²) in [6, 6.07) is 1.31. The highest BCUT2D eigenvalue weighted by Gasteiger charge is 2.34. The molecular weight excluding hydrogens is 260 g/mol. The highest BCUT2D eigenvalue weighted by Crippen LogP contribution is 2.26. The van der Waals surface area contributed by atoms with Crippen molar-refractivity contribution >= 4 is 12.0 Å². The number of urea groups is 1. The number of rotatable bonds is 4. The van der Waals surface area contributed by atoms with Crippen LogP contribution < -0.4 is 5.32 Å². The SMILES string of the molecule is Cc1occc1CN(C)C(=O)NC1CCCC1C(=O)O. The van der Waals surface area contributed by atoms with Gasteiger partial charge in [-0.2, -0.15) is 0 Å². The summed E-state index contributed by atoms with van der Waals surface area (Å²) in [5.41, 5.74) is 0.948. The maximum Gasteiger partial charge on any atom is 0.317 e. The van der Waals surface area contributed by atoms with Crippen molar-refractivity contribution in [3.8, 4) is 0 Å². The minimum absolute atomic E-state index is 0.247. The van der Waals surface area contributed by atoms with E-state index in [9.17, 15) is 9.59 Å². The topological polar surface area (TPSA) is 82.8 Å². The van der Waals surface area contributed by atoms with Gasteiger partial charge in [0.15, 0.2) is 0 Å². The monoisotopic (exact) mass is 280 g/mol. The van der Waals surface area contributed by atoms with Crippen molar-refractivity contribution < 1.29 is 19.1 Å². The molecule has 2 rings (SSSR count). The number of aliphatic carboxylic acids is 1. The fraction of sp³-hybridized carbons (Fsp3) is 0.571. The van der Waals surface area contributed by atoms with Crippen LogP contribution in [0.1, 0.15) is 30.6 Å². The molecule has 1 saturated carbocycles. The van der Waals surface area contributed by atoms with Crippen molar-refractivity contribution in [3.05, 3.63) is 23.7 Å². The van der Waals surface area contributed by atoms with Crippen molar-refractivity contribution in [1.29, 1.82) is 0 Å². The molecule has 0 saturated heterocycles. The highest BCUT2D eigenvalue weighted by atomic mass is 16.4. The van der Waals surface area contributed by atoms with Crippen LogP contribution in [-0.4, -0.2) is 35.1 Å². The smallest absolute Gasteiger partial charge is 0.317 e. The molecule has 1 aliphatic carbocycles. The van der Waals surface area contributed by atoms with Crippen LogP contribution in [0, 0.1) is 12.8 Å². The summed E-state index contributed by atoms with van der Waals surface area (Å²) < 4.78 is 5.19. The molecule has 1 fully saturated rings. The van der Waals surface area contributed by atoms with E-state index in [0.717, 1.165) is 24.2 Å². The number of hydrogen-bond donors (Lipinski definition) is 2. The molecule has 6 heteroatoms. The predicted octanol–water partition coefficient (Wildman–Crippen LogP) is 1.98. The molecule has 1 aliphatic rings. The van der Waals surface area contributed by atoms with Gasteiger partial charge in [-0.3, -0.25) is 4.79 Å². The summed E-state index contributed by atoms with van der Waals surface area (Å²) >= 11 is 0. The Balaban J connectivity index is 1.91. The van der Waals surface area contributed by atoms with E-state index in [1.165, 1.54) is 4.90 Å². The first-order valence-corrected chi connectivity index (χ1v) is 6.76. The highest BCUT2D eigenvalue weighted by molar-refractivity contribution is 5.77. The lowest BCUT2D eigenvalue weighted by molar-refractivity contribution is -0.142. The summed E-state index contributed by atoms with van der Waals surface area (Å²) in [6.45, 7) is 2.29. The van der Waals surface area contributed by atoms with E-state index in [2.05, 4.69) is 5.32 Å². The van der Waals surface area contributed by atoms with E-state index in [1.54, 1.807) is 13.3 Å². The summed E-state index contributed by atoms with van der Waals surface area (Å²) in [6.07, 6.45) is 3.78. The number of amides is 2. The standard InChI is InChI=1S/C14H20N2O4/c1-9-10(6-7-20-9)8-16(2)14(19)15-12-5-3-4-11(12)13(17)18/h6-7,11-12H,3-5,8H2,1-2H3,(H,15,19)(H,17,18). The number of carboxylic acid groups (broad SMARTS) is 1. The van der Waals surface area contributed by atoms with Crippen molar-refractivity contribution in [2.75, 3.05) is 7.05 Å². The molecule has 0 aromatic carbocycles. The van der Waals surface area contributed by atoms with Crippen molar-refractivity contribution in [2.45, 2.75) is 38.8 Å². The zero-order chi connectivity index (χ0) is 14.7. The van der Waals surface area contributed by atoms with Crippen LogP contribution in [-0.2, 0) is 11.3 Å². The normalized spacial score (nSPS) is 21.7. The Morgan fingerprint density at radius 1 is 1.50 bits per heavy atom. The Bertz CT molecular complexity index is 497. The molecule has 2 unspecified atom stereocenters. The molecule has 0 spiro atoms. The zero-order valence-corrected chi connectivity index (χ0v) is 11.8. The van der Waals surface area contributed by atoms with Crippen LogP contribution >= 0.6 is 0 Å². The molecule has 2 atom stereocenters. The number of hydrogen-bond acceptors (Lipinski definition) is 3. The van der Waals surface area contributed by atoms with E-state index in [-0.39, 0.29) is 12.1 Å². The lowest BCUT2D eigenvalue weighted by atomic mass is 10.0. The molecule has 1 aromatic rings. The van der Waals surface area contributed by atoms with E-state index in [1.807, 2.05) is 13.0 Å². The van der Waals surface area contributed by atoms with Gasteiger partial charge < -0.3 is 19.7 Å². The van der Waals surface area contributed by atoms with E-state index >= 15 is 0 Å². The van der Waals surface area contributed by atoms with Gasteiger partial charge in [-0.15, -0.1) is 0 Å². The van der Waals surface area contributed by atoms with Crippen LogP contribution in [0.5, 0.6) is 0 Å². The second-order valence-electron chi connectivity index (χ2n) is 5.29. The van der Waals surface area contributed by atoms with Gasteiger partial charge >= 0.3 is 12.0 Å². The number of furan rings is 1. The van der Waals surface area contributed by atoms with E-state index in [4.69, 9.17) is 9.52 Å². The first-order valence-electron chi connectivity index (χ1n) is 6.76. The first-order chi connectivity index (χ1) is 9.49. The van der Waals surface area contributed by atoms with Crippen molar-refractivity contribution in [1.82, 2.24) is 10.2 Å². The molecule has 0 aliphatic heterocycles. The first kappa shape index (κ1) is 14.4. The zero-order valence-electron chi connectivity index (χ0n) is 11.8. The molecule has 0 bridgehead atoms. The van der Waals surface area contributed by atoms with Gasteiger partial charge in [0.2, 0.25) is 0 Å². The summed E-state index contributed by atoms with van der Waals surface area (Å²) in [5.74, 6) is -0.516. The average Bonchev–Trinajstić information content (AvgIpc) is 2.99. The molecule has 2 N–H and O–H groups in total. The van der Waals surface area contributed by atoms with Gasteiger partial charge in [0, 0.05) is 18.7 Å². The van der Waals surface area contributed by atoms with Gasteiger partial charge in [0.25, 0.3) is 0 Å². The third-order valence-corrected chi connectivity index (χ3v) is 3.86. The largest absolute Gasteiger partial charge is 0.481 e. The van der Waals surface area contributed by atoms with Crippen molar-refractivity contribution in [3.63, 3.8) is 0 Å². The number of carboxylic acids is 1. The summed E-state index contributed by atoms with van der Waals surface area (Å²) in [5, 5.41) is 11.9. The fourth-order valence-electron chi connectivity index (χ4n) is 2.60. The van der Waals surface area contributed by atoms with E-state index in [0.29, 0.717) is 13.0 Å². The van der Waals surface area contributed by atoms with Crippen LogP contribution in [0.25, 0.3) is 0 Å². The van der Waals surface area contributed by atoms with Crippen LogP contribution in [0.3, 0.4) is 0 Å². The maximum atomic E-state index is 12.1. The molecule has 6 nitrogen and oxygen atoms in total. The average molecular weight is 280 g/mol. The Kier molecular flexibility index (Phi) is 4.32. The minimum Gasteiger partial charge on any atom is -0.481 e. The third-order valence-electron chi connectivity index (χ3n) is 3.86. The maximum absolute atomic E-state index is 12.1. The Hall–Kier alpha value is -1.98. The number of nitrogens with one attached hydrogen (secondary N) is 1. The molecule has 0 radical (unpaired) electrons. The minimum atomic E-state index is -0.832. The Morgan fingerprint density at radius 3 is 2.85 bits per heavy atom. The lowest BCUT2D eigenvalue weighted by Gasteiger charge is -2.23. The Labute approximate surface area is 117 Å². The summed E-state index contributed by atoms with van der Waals surface area (Å²) in [4.78, 5) is 24.7. The second-order valence-corrected chi connectivity index (χ2v) is 5.29. The number of aryl methyl sites for hydroxylation is 1. The van der Waals surface area contributed by atoms with Gasteiger partial charge in [0.1, 0.15) is 5.76 Å². The third kappa shape index (κ3) is 3.12. The van der Waals surface area contributed by atoms with Crippen LogP contribution in [0.2, 0.25) is 0 Å². The molecule has 1 heterocycles. The van der Waals surface area contributed by atoms with Gasteiger partial charge in [-0.05, 0) is 25.8 Å². The molecular formula is C14H20N2O4. The Morgan fingerprint density at radius 2 is 2.25 bits per heavy atom. The van der Waals surface area contributed by atoms with Crippen molar-refractivity contribution in [2.24, 2.45) is 5.92 Å². The summed E-state index contributed by atoms with van der Waals surface area (Å²) in [7, 11) is 1.69. The second kappa shape index (κ2) is 5.98.